The fourth-order valence-electron chi connectivity index (χ4n) is 7.64. The number of carbonyl (C=O) groups excluding carboxylic acids is 1. The number of benzene rings is 4. The van der Waals surface area contributed by atoms with Crippen molar-refractivity contribution in [2.24, 2.45) is 0 Å². The van der Waals surface area contributed by atoms with Crippen LogP contribution in [-0.2, 0) is 29.3 Å². The Bertz CT molecular complexity index is 1600. The third-order valence-corrected chi connectivity index (χ3v) is 9.19. The van der Waals surface area contributed by atoms with E-state index in [4.69, 9.17) is 18.9 Å². The molecule has 2 saturated heterocycles. The highest BCUT2D eigenvalue weighted by atomic mass is 19.1. The van der Waals surface area contributed by atoms with Crippen molar-refractivity contribution in [3.05, 3.63) is 131 Å². The van der Waals surface area contributed by atoms with E-state index >= 15 is 4.39 Å². The minimum absolute atomic E-state index is 0.365. The van der Waals surface area contributed by atoms with Crippen molar-refractivity contribution in [3.63, 3.8) is 0 Å². The molecule has 0 radical (unpaired) electrons. The standard InChI is InChI=1S/C37H36FNO5/c1-36(2)43-31-23-39(32(34(31)44-36)30(22-38)42-35(40)33(41-3)24-14-6-4-7-15-24)37(25-16-8-5-9-17-25)28-20-12-10-18-26(28)27-19-11-13-21-29(27)37/h4-21,30-34H,22-23H2,1-3H3/t30-,31+,32+,33-,34+/m0/s1. The molecule has 226 valence electrons. The summed E-state index contributed by atoms with van der Waals surface area (Å²) < 4.78 is 40.0. The van der Waals surface area contributed by atoms with Gasteiger partial charge in [-0.15, -0.1) is 0 Å². The third kappa shape index (κ3) is 4.49. The molecule has 0 unspecified atom stereocenters. The van der Waals surface area contributed by atoms with Gasteiger partial charge in [0.2, 0.25) is 0 Å². The normalized spacial score (nSPS) is 24.2. The van der Waals surface area contributed by atoms with Crippen molar-refractivity contribution >= 4 is 5.97 Å². The monoisotopic (exact) mass is 593 g/mol. The van der Waals surface area contributed by atoms with Gasteiger partial charge in [0.15, 0.2) is 11.9 Å². The molecule has 2 aliphatic heterocycles. The zero-order valence-electron chi connectivity index (χ0n) is 25.1. The van der Waals surface area contributed by atoms with E-state index in [-0.39, 0.29) is 6.10 Å². The maximum atomic E-state index is 15.4. The minimum Gasteiger partial charge on any atom is -0.456 e. The van der Waals surface area contributed by atoms with Crippen LogP contribution in [-0.4, -0.2) is 61.3 Å². The Morgan fingerprint density at radius 3 is 2.02 bits per heavy atom. The molecule has 7 rings (SSSR count). The first-order valence-electron chi connectivity index (χ1n) is 15.1. The molecule has 7 heteroatoms. The predicted molar refractivity (Wildman–Crippen MR) is 165 cm³/mol. The lowest BCUT2D eigenvalue weighted by Gasteiger charge is -2.47. The average Bonchev–Trinajstić information content (AvgIpc) is 3.65. The zero-order chi connectivity index (χ0) is 30.5. The van der Waals surface area contributed by atoms with Gasteiger partial charge in [-0.1, -0.05) is 109 Å². The maximum Gasteiger partial charge on any atom is 0.340 e. The van der Waals surface area contributed by atoms with Gasteiger partial charge in [-0.05, 0) is 47.2 Å². The molecule has 1 aliphatic carbocycles. The van der Waals surface area contributed by atoms with Crippen molar-refractivity contribution in [1.82, 2.24) is 4.90 Å². The van der Waals surface area contributed by atoms with Crippen LogP contribution in [0.2, 0.25) is 0 Å². The highest BCUT2D eigenvalue weighted by Gasteiger charge is 2.63. The van der Waals surface area contributed by atoms with E-state index in [9.17, 15) is 4.79 Å². The van der Waals surface area contributed by atoms with Gasteiger partial charge in [0.05, 0.1) is 11.6 Å². The van der Waals surface area contributed by atoms with Crippen LogP contribution in [0.25, 0.3) is 11.1 Å². The molecule has 0 N–H and O–H groups in total. The van der Waals surface area contributed by atoms with E-state index in [1.54, 1.807) is 12.1 Å². The molecule has 4 aromatic rings. The molecular weight excluding hydrogens is 557 g/mol. The molecule has 0 spiro atoms. The highest BCUT2D eigenvalue weighted by Crippen LogP contribution is 2.57. The van der Waals surface area contributed by atoms with Crippen LogP contribution < -0.4 is 0 Å². The molecule has 5 atom stereocenters. The quantitative estimate of drug-likeness (QED) is 0.220. The fraction of sp³-hybridized carbons (Fsp3) is 0.324. The van der Waals surface area contributed by atoms with Gasteiger partial charge in [-0.25, -0.2) is 9.18 Å². The first-order chi connectivity index (χ1) is 21.4. The SMILES string of the molecule is CO[C@H](C(=O)O[C@@H](CF)[C@@H]1[C@@H]2OC(C)(C)O[C@@H]2CN1C1(c2ccccc2)c2ccccc2-c2ccccc21)c1ccccc1. The van der Waals surface area contributed by atoms with Gasteiger partial charge in [-0.2, -0.15) is 0 Å². The molecule has 0 saturated carbocycles. The number of carbonyl (C=O) groups is 1. The molecule has 0 aromatic heterocycles. The summed E-state index contributed by atoms with van der Waals surface area (Å²) in [5, 5.41) is 0. The van der Waals surface area contributed by atoms with E-state index in [0.717, 1.165) is 27.8 Å². The number of hydrogen-bond acceptors (Lipinski definition) is 6. The van der Waals surface area contributed by atoms with Gasteiger partial charge in [0.25, 0.3) is 0 Å². The van der Waals surface area contributed by atoms with E-state index < -0.39 is 48.3 Å². The van der Waals surface area contributed by atoms with Crippen molar-refractivity contribution in [2.75, 3.05) is 20.3 Å². The van der Waals surface area contributed by atoms with Crippen LogP contribution >= 0.6 is 0 Å². The van der Waals surface area contributed by atoms with Crippen LogP contribution in [0, 0.1) is 0 Å². The second-order valence-electron chi connectivity index (χ2n) is 12.1. The Balaban J connectivity index is 1.39. The minimum atomic E-state index is -1.16. The molecule has 2 heterocycles. The molecule has 0 bridgehead atoms. The van der Waals surface area contributed by atoms with E-state index in [1.165, 1.54) is 7.11 Å². The first-order valence-corrected chi connectivity index (χ1v) is 15.1. The molecule has 2 fully saturated rings. The van der Waals surface area contributed by atoms with Crippen molar-refractivity contribution in [2.45, 2.75) is 55.6 Å². The van der Waals surface area contributed by atoms with E-state index in [2.05, 4.69) is 41.3 Å². The number of esters is 1. The summed E-state index contributed by atoms with van der Waals surface area (Å²) in [6.07, 6.45) is -3.06. The molecule has 4 aromatic carbocycles. The van der Waals surface area contributed by atoms with Gasteiger partial charge >= 0.3 is 5.97 Å². The maximum absolute atomic E-state index is 15.4. The smallest absolute Gasteiger partial charge is 0.340 e. The largest absolute Gasteiger partial charge is 0.456 e. The number of fused-ring (bicyclic) bond motifs is 4. The van der Waals surface area contributed by atoms with Gasteiger partial charge in [-0.3, -0.25) is 4.90 Å². The van der Waals surface area contributed by atoms with Crippen molar-refractivity contribution in [1.29, 1.82) is 0 Å². The van der Waals surface area contributed by atoms with Crippen LogP contribution in [0.4, 0.5) is 4.39 Å². The van der Waals surface area contributed by atoms with Gasteiger partial charge < -0.3 is 18.9 Å². The van der Waals surface area contributed by atoms with Crippen LogP contribution in [0.1, 0.15) is 42.2 Å². The van der Waals surface area contributed by atoms with Crippen LogP contribution in [0.5, 0.6) is 0 Å². The van der Waals surface area contributed by atoms with Crippen LogP contribution in [0.3, 0.4) is 0 Å². The van der Waals surface area contributed by atoms with E-state index in [1.807, 2.05) is 74.5 Å². The third-order valence-electron chi connectivity index (χ3n) is 9.19. The predicted octanol–water partition coefficient (Wildman–Crippen LogP) is 6.43. The molecule has 3 aliphatic rings. The van der Waals surface area contributed by atoms with Crippen LogP contribution in [0.15, 0.2) is 109 Å². The summed E-state index contributed by atoms with van der Waals surface area (Å²) in [6, 6.07) is 35.4. The number of methoxy groups -OCH3 is 1. The highest BCUT2D eigenvalue weighted by molar-refractivity contribution is 5.83. The summed E-state index contributed by atoms with van der Waals surface area (Å²) >= 11 is 0. The molecule has 6 nitrogen and oxygen atoms in total. The fourth-order valence-corrected chi connectivity index (χ4v) is 7.64. The first kappa shape index (κ1) is 28.9. The Labute approximate surface area is 257 Å². The number of likely N-dealkylation sites (tertiary alicyclic amines) is 1. The molecule has 0 amide bonds. The lowest BCUT2D eigenvalue weighted by atomic mass is 9.78. The number of nitrogens with zero attached hydrogens (tertiary/aromatic N) is 1. The van der Waals surface area contributed by atoms with Crippen molar-refractivity contribution < 1.29 is 28.1 Å². The summed E-state index contributed by atoms with van der Waals surface area (Å²) in [4.78, 5) is 16.0. The number of ether oxygens (including phenoxy) is 4. The average molecular weight is 594 g/mol. The summed E-state index contributed by atoms with van der Waals surface area (Å²) in [5.41, 5.74) is 5.24. The van der Waals surface area contributed by atoms with Crippen molar-refractivity contribution in [3.8, 4) is 11.1 Å². The summed E-state index contributed by atoms with van der Waals surface area (Å²) in [5.74, 6) is -1.52. The molecular formula is C37H36FNO5. The Morgan fingerprint density at radius 1 is 0.864 bits per heavy atom. The number of rotatable bonds is 8. The topological polar surface area (TPSA) is 57.2 Å². The Morgan fingerprint density at radius 2 is 1.43 bits per heavy atom. The van der Waals surface area contributed by atoms with E-state index in [0.29, 0.717) is 12.1 Å². The second kappa shape index (κ2) is 11.2. The number of hydrogen-bond donors (Lipinski definition) is 0. The zero-order valence-corrected chi connectivity index (χ0v) is 25.1. The lowest BCUT2D eigenvalue weighted by molar-refractivity contribution is -0.184. The number of halogens is 1. The Hall–Kier alpha value is -3.88. The molecule has 44 heavy (non-hydrogen) atoms. The summed E-state index contributed by atoms with van der Waals surface area (Å²) in [6.45, 7) is 3.27. The Kier molecular flexibility index (Phi) is 7.37. The second-order valence-corrected chi connectivity index (χ2v) is 12.1. The van der Waals surface area contributed by atoms with Gasteiger partial charge in [0.1, 0.15) is 25.0 Å². The summed E-state index contributed by atoms with van der Waals surface area (Å²) in [7, 11) is 1.45. The number of alkyl halides is 1. The van der Waals surface area contributed by atoms with Gasteiger partial charge in [0, 0.05) is 13.7 Å². The lowest BCUT2D eigenvalue weighted by Crippen LogP contribution is -2.57.